The monoisotopic (exact) mass is 398 g/mol. The summed E-state index contributed by atoms with van der Waals surface area (Å²) in [5.41, 5.74) is 1.50. The number of nitrogens with zero attached hydrogens (tertiary/aromatic N) is 3. The van der Waals surface area contributed by atoms with Gasteiger partial charge in [-0.2, -0.15) is 0 Å². The number of amides is 1. The van der Waals surface area contributed by atoms with Crippen LogP contribution in [0.15, 0.2) is 66.1 Å². The number of thioether (sulfide) groups is 1. The molecule has 9 heteroatoms. The number of anilines is 1. The number of nitro groups is 1. The number of benzene rings is 2. The van der Waals surface area contributed by atoms with Gasteiger partial charge < -0.3 is 14.6 Å². The van der Waals surface area contributed by atoms with Crippen LogP contribution in [0.25, 0.3) is 0 Å². The summed E-state index contributed by atoms with van der Waals surface area (Å²) in [5.74, 6) is 0.744. The number of hydrogen-bond donors (Lipinski definition) is 1. The Morgan fingerprint density at radius 1 is 1.25 bits per heavy atom. The molecule has 0 aliphatic rings. The number of ether oxygens (including phenoxy) is 1. The molecule has 3 rings (SSSR count). The third-order valence-corrected chi connectivity index (χ3v) is 4.91. The SMILES string of the molecule is COc1ccccc1Cn1ccnc1SCC(=O)Nc1ccc([N+](=O)[O-])cc1. The number of methoxy groups -OCH3 is 1. The van der Waals surface area contributed by atoms with E-state index in [0.29, 0.717) is 17.4 Å². The maximum Gasteiger partial charge on any atom is 0.269 e. The predicted octanol–water partition coefficient (Wildman–Crippen LogP) is 3.58. The van der Waals surface area contributed by atoms with Gasteiger partial charge in [0.25, 0.3) is 5.69 Å². The van der Waals surface area contributed by atoms with Crippen molar-refractivity contribution in [1.82, 2.24) is 9.55 Å². The van der Waals surface area contributed by atoms with Gasteiger partial charge in [0, 0.05) is 35.8 Å². The Kier molecular flexibility index (Phi) is 6.28. The third-order valence-electron chi connectivity index (χ3n) is 3.90. The zero-order chi connectivity index (χ0) is 19.9. The number of carbonyl (C=O) groups is 1. The Morgan fingerprint density at radius 3 is 2.71 bits per heavy atom. The van der Waals surface area contributed by atoms with E-state index >= 15 is 0 Å². The lowest BCUT2D eigenvalue weighted by atomic mass is 10.2. The van der Waals surface area contributed by atoms with E-state index in [1.807, 2.05) is 35.0 Å². The molecule has 0 spiro atoms. The Bertz CT molecular complexity index is 972. The van der Waals surface area contributed by atoms with Gasteiger partial charge in [0.15, 0.2) is 5.16 Å². The van der Waals surface area contributed by atoms with Gasteiger partial charge >= 0.3 is 0 Å². The van der Waals surface area contributed by atoms with E-state index in [4.69, 9.17) is 4.74 Å². The maximum atomic E-state index is 12.2. The fourth-order valence-corrected chi connectivity index (χ4v) is 3.33. The van der Waals surface area contributed by atoms with Crippen LogP contribution in [0.5, 0.6) is 5.75 Å². The van der Waals surface area contributed by atoms with Crippen molar-refractivity contribution in [2.45, 2.75) is 11.7 Å². The van der Waals surface area contributed by atoms with Crippen LogP contribution in [-0.2, 0) is 11.3 Å². The molecule has 28 heavy (non-hydrogen) atoms. The van der Waals surface area contributed by atoms with E-state index in [0.717, 1.165) is 11.3 Å². The van der Waals surface area contributed by atoms with Gasteiger partial charge in [-0.3, -0.25) is 14.9 Å². The Morgan fingerprint density at radius 2 is 2.00 bits per heavy atom. The second-order valence-electron chi connectivity index (χ2n) is 5.79. The van der Waals surface area contributed by atoms with Crippen LogP contribution in [0.2, 0.25) is 0 Å². The molecule has 0 bridgehead atoms. The second kappa shape index (κ2) is 9.05. The highest BCUT2D eigenvalue weighted by atomic mass is 32.2. The molecular formula is C19H18N4O4S. The lowest BCUT2D eigenvalue weighted by molar-refractivity contribution is -0.384. The number of nitro benzene ring substituents is 1. The minimum absolute atomic E-state index is 0.0225. The number of nitrogens with one attached hydrogen (secondary N) is 1. The first kappa shape index (κ1) is 19.4. The van der Waals surface area contributed by atoms with Crippen molar-refractivity contribution < 1.29 is 14.5 Å². The minimum atomic E-state index is -0.483. The van der Waals surface area contributed by atoms with Crippen LogP contribution in [0, 0.1) is 10.1 Å². The van der Waals surface area contributed by atoms with Crippen LogP contribution < -0.4 is 10.1 Å². The minimum Gasteiger partial charge on any atom is -0.496 e. The normalized spacial score (nSPS) is 10.5. The highest BCUT2D eigenvalue weighted by molar-refractivity contribution is 7.99. The molecule has 0 aliphatic carbocycles. The summed E-state index contributed by atoms with van der Waals surface area (Å²) in [4.78, 5) is 26.7. The average Bonchev–Trinajstić information content (AvgIpc) is 3.14. The van der Waals surface area contributed by atoms with E-state index in [2.05, 4.69) is 10.3 Å². The van der Waals surface area contributed by atoms with E-state index < -0.39 is 4.92 Å². The zero-order valence-corrected chi connectivity index (χ0v) is 15.9. The summed E-state index contributed by atoms with van der Waals surface area (Å²) in [5, 5.41) is 14.1. The van der Waals surface area contributed by atoms with Crippen LogP contribution in [0.4, 0.5) is 11.4 Å². The molecule has 144 valence electrons. The van der Waals surface area contributed by atoms with Gasteiger partial charge in [0.05, 0.1) is 24.3 Å². The number of aromatic nitrogens is 2. The number of hydrogen-bond acceptors (Lipinski definition) is 6. The maximum absolute atomic E-state index is 12.2. The summed E-state index contributed by atoms with van der Waals surface area (Å²) in [6.07, 6.45) is 3.54. The first-order valence-electron chi connectivity index (χ1n) is 8.37. The molecular weight excluding hydrogens is 380 g/mol. The molecule has 3 aromatic rings. The summed E-state index contributed by atoms with van der Waals surface area (Å²) in [6.45, 7) is 0.580. The van der Waals surface area contributed by atoms with Crippen LogP contribution in [0.3, 0.4) is 0 Å². The molecule has 1 aromatic heterocycles. The number of non-ortho nitro benzene ring substituents is 1. The summed E-state index contributed by atoms with van der Waals surface area (Å²) in [6, 6.07) is 13.4. The Balaban J connectivity index is 1.58. The van der Waals surface area contributed by atoms with Crippen molar-refractivity contribution >= 4 is 29.0 Å². The van der Waals surface area contributed by atoms with Crippen LogP contribution in [0.1, 0.15) is 5.56 Å². The molecule has 1 N–H and O–H groups in total. The highest BCUT2D eigenvalue weighted by Gasteiger charge is 2.11. The molecule has 1 heterocycles. The Labute approximate surface area is 165 Å². The van der Waals surface area contributed by atoms with Gasteiger partial charge in [-0.1, -0.05) is 30.0 Å². The first-order valence-corrected chi connectivity index (χ1v) is 9.35. The largest absolute Gasteiger partial charge is 0.496 e. The molecule has 1 amide bonds. The summed E-state index contributed by atoms with van der Waals surface area (Å²) >= 11 is 1.31. The van der Waals surface area contributed by atoms with Crippen molar-refractivity contribution in [3.05, 3.63) is 76.6 Å². The molecule has 0 saturated heterocycles. The summed E-state index contributed by atoms with van der Waals surface area (Å²) < 4.78 is 7.32. The topological polar surface area (TPSA) is 99.3 Å². The van der Waals surface area contributed by atoms with Crippen LogP contribution >= 0.6 is 11.8 Å². The third kappa shape index (κ3) is 4.89. The van der Waals surface area contributed by atoms with E-state index in [-0.39, 0.29) is 17.3 Å². The van der Waals surface area contributed by atoms with E-state index in [1.165, 1.54) is 36.0 Å². The van der Waals surface area contributed by atoms with Gasteiger partial charge in [0.1, 0.15) is 5.75 Å². The van der Waals surface area contributed by atoms with Gasteiger partial charge in [-0.05, 0) is 18.2 Å². The molecule has 0 fully saturated rings. The average molecular weight is 398 g/mol. The van der Waals surface area contributed by atoms with Gasteiger partial charge in [-0.25, -0.2) is 4.98 Å². The predicted molar refractivity (Wildman–Crippen MR) is 107 cm³/mol. The van der Waals surface area contributed by atoms with Crippen molar-refractivity contribution in [2.24, 2.45) is 0 Å². The summed E-state index contributed by atoms with van der Waals surface area (Å²) in [7, 11) is 1.63. The van der Waals surface area contributed by atoms with Crippen LogP contribution in [-0.4, -0.2) is 33.2 Å². The molecule has 0 radical (unpaired) electrons. The van der Waals surface area contributed by atoms with E-state index in [1.54, 1.807) is 13.3 Å². The van der Waals surface area contributed by atoms with Crippen molar-refractivity contribution in [3.8, 4) is 5.75 Å². The molecule has 0 saturated carbocycles. The molecule has 0 unspecified atom stereocenters. The first-order chi connectivity index (χ1) is 13.6. The number of rotatable bonds is 8. The smallest absolute Gasteiger partial charge is 0.269 e. The second-order valence-corrected chi connectivity index (χ2v) is 6.73. The molecule has 0 aliphatic heterocycles. The van der Waals surface area contributed by atoms with Gasteiger partial charge in [0.2, 0.25) is 5.91 Å². The van der Waals surface area contributed by atoms with Crippen molar-refractivity contribution in [2.75, 3.05) is 18.2 Å². The number of para-hydroxylation sites is 1. The van der Waals surface area contributed by atoms with Crippen molar-refractivity contribution in [3.63, 3.8) is 0 Å². The zero-order valence-electron chi connectivity index (χ0n) is 15.1. The number of carbonyl (C=O) groups excluding carboxylic acids is 1. The van der Waals surface area contributed by atoms with E-state index in [9.17, 15) is 14.9 Å². The van der Waals surface area contributed by atoms with Crippen molar-refractivity contribution in [1.29, 1.82) is 0 Å². The Hall–Kier alpha value is -3.33. The fraction of sp³-hybridized carbons (Fsp3) is 0.158. The quantitative estimate of drug-likeness (QED) is 0.354. The van der Waals surface area contributed by atoms with Gasteiger partial charge in [-0.15, -0.1) is 0 Å². The lowest BCUT2D eigenvalue weighted by Gasteiger charge is -2.11. The lowest BCUT2D eigenvalue weighted by Crippen LogP contribution is -2.14. The number of imidazole rings is 1. The molecule has 8 nitrogen and oxygen atoms in total. The standard InChI is InChI=1S/C19H18N4O4S/c1-27-17-5-3-2-4-14(17)12-22-11-10-20-19(22)28-13-18(24)21-15-6-8-16(9-7-15)23(25)26/h2-11H,12-13H2,1H3,(H,21,24). The molecule has 0 atom stereocenters. The fourth-order valence-electron chi connectivity index (χ4n) is 2.57. The molecule has 2 aromatic carbocycles. The highest BCUT2D eigenvalue weighted by Crippen LogP contribution is 2.22.